The molecule has 0 bridgehead atoms. The number of carbonyl (C=O) groups excluding carboxylic acids is 1. The zero-order valence-electron chi connectivity index (χ0n) is 20.0. The highest BCUT2D eigenvalue weighted by atomic mass is 32.2. The van der Waals surface area contributed by atoms with Crippen LogP contribution in [0.25, 0.3) is 10.8 Å². The maximum Gasteiger partial charge on any atom is 0.244 e. The van der Waals surface area contributed by atoms with Gasteiger partial charge in [0.2, 0.25) is 15.9 Å². The zero-order chi connectivity index (χ0) is 25.1. The Morgan fingerprint density at radius 2 is 1.78 bits per heavy atom. The number of hydrogen-bond donors (Lipinski definition) is 0. The van der Waals surface area contributed by atoms with Crippen LogP contribution in [-0.4, -0.2) is 56.9 Å². The molecule has 5 rings (SSSR count). The minimum absolute atomic E-state index is 0.0847. The van der Waals surface area contributed by atoms with Crippen molar-refractivity contribution in [1.82, 2.24) is 9.21 Å². The van der Waals surface area contributed by atoms with E-state index in [9.17, 15) is 13.2 Å². The molecule has 1 unspecified atom stereocenters. The second kappa shape index (κ2) is 10.5. The number of thiophene rings is 1. The summed E-state index contributed by atoms with van der Waals surface area (Å²) in [5, 5.41) is 3.53. The van der Waals surface area contributed by atoms with Crippen molar-refractivity contribution in [2.24, 2.45) is 0 Å². The minimum Gasteiger partial charge on any atom is -0.383 e. The molecule has 1 aliphatic rings. The van der Waals surface area contributed by atoms with Gasteiger partial charge in [-0.05, 0) is 40.4 Å². The molecule has 0 N–H and O–H groups in total. The number of amides is 1. The molecule has 0 fully saturated rings. The van der Waals surface area contributed by atoms with Crippen molar-refractivity contribution in [2.75, 3.05) is 33.4 Å². The van der Waals surface area contributed by atoms with E-state index >= 15 is 0 Å². The van der Waals surface area contributed by atoms with Gasteiger partial charge in [-0.25, -0.2) is 8.42 Å². The molecule has 1 aliphatic heterocycles. The van der Waals surface area contributed by atoms with Gasteiger partial charge in [0.05, 0.1) is 24.1 Å². The Morgan fingerprint density at radius 3 is 2.58 bits per heavy atom. The highest BCUT2D eigenvalue weighted by Gasteiger charge is 2.35. The van der Waals surface area contributed by atoms with Gasteiger partial charge in [-0.2, -0.15) is 4.31 Å². The van der Waals surface area contributed by atoms with Crippen LogP contribution in [0.5, 0.6) is 0 Å². The van der Waals surface area contributed by atoms with E-state index in [-0.39, 0.29) is 36.5 Å². The Balaban J connectivity index is 1.49. The summed E-state index contributed by atoms with van der Waals surface area (Å²) in [6.07, 6.45) is 0.760. The Hall–Kier alpha value is -3.04. The molecule has 8 heteroatoms. The van der Waals surface area contributed by atoms with Crippen LogP contribution in [0.2, 0.25) is 0 Å². The minimum atomic E-state index is -3.96. The first-order chi connectivity index (χ1) is 17.5. The number of ether oxygens (including phenoxy) is 1. The first-order valence-corrected chi connectivity index (χ1v) is 14.2. The fraction of sp³-hybridized carbons (Fsp3) is 0.250. The van der Waals surface area contributed by atoms with Crippen molar-refractivity contribution in [3.05, 3.63) is 100 Å². The summed E-state index contributed by atoms with van der Waals surface area (Å²) in [6, 6.07) is 24.4. The fourth-order valence-corrected chi connectivity index (χ4v) is 7.35. The van der Waals surface area contributed by atoms with Crippen LogP contribution in [0.15, 0.2) is 89.1 Å². The average Bonchev–Trinajstić information content (AvgIpc) is 3.39. The number of rotatable bonds is 8. The number of sulfonamides is 1. The van der Waals surface area contributed by atoms with Crippen LogP contribution < -0.4 is 0 Å². The lowest BCUT2D eigenvalue weighted by Gasteiger charge is -2.37. The van der Waals surface area contributed by atoms with E-state index in [0.29, 0.717) is 11.9 Å². The van der Waals surface area contributed by atoms with Crippen molar-refractivity contribution in [3.63, 3.8) is 0 Å². The highest BCUT2D eigenvalue weighted by molar-refractivity contribution is 7.89. The normalized spacial score (nSPS) is 15.8. The summed E-state index contributed by atoms with van der Waals surface area (Å²) in [6.45, 7) is 0.561. The molecule has 36 heavy (non-hydrogen) atoms. The maximum absolute atomic E-state index is 13.9. The van der Waals surface area contributed by atoms with Crippen LogP contribution in [-0.2, 0) is 26.0 Å². The molecule has 6 nitrogen and oxygen atoms in total. The topological polar surface area (TPSA) is 66.9 Å². The Bertz CT molecular complexity index is 1460. The van der Waals surface area contributed by atoms with Gasteiger partial charge in [-0.1, -0.05) is 66.7 Å². The van der Waals surface area contributed by atoms with Gasteiger partial charge < -0.3 is 9.64 Å². The lowest BCUT2D eigenvalue weighted by Crippen LogP contribution is -2.47. The maximum atomic E-state index is 13.9. The largest absolute Gasteiger partial charge is 0.383 e. The lowest BCUT2D eigenvalue weighted by molar-refractivity contribution is -0.133. The van der Waals surface area contributed by atoms with Gasteiger partial charge in [0.1, 0.15) is 0 Å². The molecule has 1 atom stereocenters. The smallest absolute Gasteiger partial charge is 0.244 e. The molecule has 1 aromatic heterocycles. The van der Waals surface area contributed by atoms with E-state index in [1.807, 2.05) is 59.5 Å². The fourth-order valence-electron chi connectivity index (χ4n) is 4.86. The van der Waals surface area contributed by atoms with E-state index in [4.69, 9.17) is 4.74 Å². The molecule has 0 spiro atoms. The third kappa shape index (κ3) is 4.69. The highest BCUT2D eigenvalue weighted by Crippen LogP contribution is 2.38. The lowest BCUT2D eigenvalue weighted by atomic mass is 9.93. The quantitative estimate of drug-likeness (QED) is 0.337. The van der Waals surface area contributed by atoms with Crippen molar-refractivity contribution >= 4 is 38.0 Å². The molecule has 0 aliphatic carbocycles. The van der Waals surface area contributed by atoms with Crippen LogP contribution >= 0.6 is 11.3 Å². The molecule has 186 valence electrons. The summed E-state index contributed by atoms with van der Waals surface area (Å²) in [4.78, 5) is 17.1. The van der Waals surface area contributed by atoms with E-state index < -0.39 is 10.0 Å². The third-order valence-electron chi connectivity index (χ3n) is 6.63. The van der Waals surface area contributed by atoms with E-state index in [0.717, 1.165) is 22.9 Å². The number of carbonyl (C=O) groups is 1. The van der Waals surface area contributed by atoms with Gasteiger partial charge in [0.15, 0.2) is 0 Å². The third-order valence-corrected chi connectivity index (χ3v) is 9.53. The molecule has 0 radical (unpaired) electrons. The summed E-state index contributed by atoms with van der Waals surface area (Å²) >= 11 is 1.70. The summed E-state index contributed by atoms with van der Waals surface area (Å²) in [5.41, 5.74) is 2.14. The van der Waals surface area contributed by atoms with Gasteiger partial charge in [-0.3, -0.25) is 4.79 Å². The number of methoxy groups -OCH3 is 1. The second-order valence-electron chi connectivity index (χ2n) is 8.76. The average molecular weight is 521 g/mol. The molecule has 2 heterocycles. The van der Waals surface area contributed by atoms with Crippen molar-refractivity contribution < 1.29 is 17.9 Å². The Labute approximate surface area is 215 Å². The van der Waals surface area contributed by atoms with Gasteiger partial charge in [0.25, 0.3) is 0 Å². The molecule has 4 aromatic rings. The van der Waals surface area contributed by atoms with E-state index in [1.165, 1.54) is 16.3 Å². The van der Waals surface area contributed by atoms with Gasteiger partial charge in [0, 0.05) is 30.5 Å². The Morgan fingerprint density at radius 1 is 1.03 bits per heavy atom. The Kier molecular flexibility index (Phi) is 7.20. The number of nitrogens with zero attached hydrogens (tertiary/aromatic N) is 2. The molecular formula is C28H28N2O4S2. The molecule has 1 amide bonds. The van der Waals surface area contributed by atoms with E-state index in [2.05, 4.69) is 11.4 Å². The van der Waals surface area contributed by atoms with Crippen molar-refractivity contribution in [2.45, 2.75) is 17.4 Å². The molecule has 0 saturated heterocycles. The van der Waals surface area contributed by atoms with Crippen molar-refractivity contribution in [3.8, 4) is 0 Å². The number of hydrogen-bond acceptors (Lipinski definition) is 5. The van der Waals surface area contributed by atoms with Crippen LogP contribution in [0.4, 0.5) is 0 Å². The first kappa shape index (κ1) is 24.6. The summed E-state index contributed by atoms with van der Waals surface area (Å²) in [7, 11) is -2.43. The molecule has 0 saturated carbocycles. The van der Waals surface area contributed by atoms with Gasteiger partial charge >= 0.3 is 0 Å². The van der Waals surface area contributed by atoms with Gasteiger partial charge in [-0.15, -0.1) is 11.3 Å². The predicted molar refractivity (Wildman–Crippen MR) is 143 cm³/mol. The van der Waals surface area contributed by atoms with E-state index in [1.54, 1.807) is 29.5 Å². The van der Waals surface area contributed by atoms with Crippen LogP contribution in [0.1, 0.15) is 22.0 Å². The summed E-state index contributed by atoms with van der Waals surface area (Å²) in [5.74, 6) is -0.222. The number of fused-ring (bicyclic) bond motifs is 2. The number of benzene rings is 3. The second-order valence-corrected chi connectivity index (χ2v) is 11.7. The molecular weight excluding hydrogens is 492 g/mol. The van der Waals surface area contributed by atoms with Crippen LogP contribution in [0.3, 0.4) is 0 Å². The van der Waals surface area contributed by atoms with Crippen LogP contribution in [0, 0.1) is 0 Å². The monoisotopic (exact) mass is 520 g/mol. The molecule has 3 aromatic carbocycles. The predicted octanol–water partition coefficient (Wildman–Crippen LogP) is 4.71. The SMILES string of the molecule is COCCN(CC(=O)N1CCc2sccc2C1c1ccccc1)S(=O)(=O)c1cccc2ccccc12. The zero-order valence-corrected chi connectivity index (χ0v) is 21.7. The van der Waals surface area contributed by atoms with Crippen molar-refractivity contribution in [1.29, 1.82) is 0 Å². The first-order valence-electron chi connectivity index (χ1n) is 11.9. The standard InChI is InChI=1S/C28H28N2O4S2/c1-34-18-17-29(36(32,33)26-13-7-11-21-8-5-6-12-23(21)26)20-27(31)30-16-14-25-24(15-19-35-25)28(30)22-9-3-2-4-10-22/h2-13,15,19,28H,14,16-18,20H2,1H3. The summed E-state index contributed by atoms with van der Waals surface area (Å²) < 4.78 is 34.2.